The summed E-state index contributed by atoms with van der Waals surface area (Å²) in [5, 5.41) is 12.1. The molecule has 1 unspecified atom stereocenters. The van der Waals surface area contributed by atoms with Crippen LogP contribution in [0.2, 0.25) is 0 Å². The van der Waals surface area contributed by atoms with Crippen LogP contribution in [-0.2, 0) is 4.79 Å². The van der Waals surface area contributed by atoms with Gasteiger partial charge >= 0.3 is 0 Å². The van der Waals surface area contributed by atoms with E-state index in [0.717, 1.165) is 6.42 Å². The van der Waals surface area contributed by atoms with Crippen molar-refractivity contribution in [3.05, 3.63) is 23.5 Å². The average molecular weight is 262 g/mol. The first kappa shape index (κ1) is 13.4. The Balaban J connectivity index is 2.41. The minimum Gasteiger partial charge on any atom is -0.378 e. The van der Waals surface area contributed by atoms with Gasteiger partial charge in [-0.1, -0.05) is 12.8 Å². The smallest absolute Gasteiger partial charge is 0.257 e. The van der Waals surface area contributed by atoms with E-state index in [0.29, 0.717) is 24.5 Å². The van der Waals surface area contributed by atoms with Gasteiger partial charge in [0.1, 0.15) is 5.82 Å². The van der Waals surface area contributed by atoms with E-state index in [-0.39, 0.29) is 5.56 Å². The van der Waals surface area contributed by atoms with Crippen molar-refractivity contribution in [3.63, 3.8) is 0 Å². The Morgan fingerprint density at radius 1 is 1.58 bits per heavy atom. The lowest BCUT2D eigenvalue weighted by atomic mass is 10.1. The van der Waals surface area contributed by atoms with E-state index in [1.807, 2.05) is 6.92 Å². The van der Waals surface area contributed by atoms with Crippen LogP contribution in [0.5, 0.6) is 0 Å². The summed E-state index contributed by atoms with van der Waals surface area (Å²) in [5.74, 6) is 1.46. The van der Waals surface area contributed by atoms with Crippen molar-refractivity contribution in [3.8, 4) is 12.3 Å². The number of benzene rings is 1. The fraction of sp³-hybridized carbons (Fsp3) is 0.357. The first-order valence-electron chi connectivity index (χ1n) is 6.09. The van der Waals surface area contributed by atoms with Gasteiger partial charge in [0, 0.05) is 17.8 Å². The monoisotopic (exact) mass is 262 g/mol. The molecule has 1 amide bonds. The van der Waals surface area contributed by atoms with Crippen molar-refractivity contribution >= 4 is 17.3 Å². The fourth-order valence-electron chi connectivity index (χ4n) is 2.16. The zero-order valence-corrected chi connectivity index (χ0v) is 10.6. The van der Waals surface area contributed by atoms with Gasteiger partial charge in [-0.25, -0.2) is 4.39 Å². The van der Waals surface area contributed by atoms with Gasteiger partial charge in [-0.05, 0) is 18.6 Å². The van der Waals surface area contributed by atoms with Crippen LogP contribution in [-0.4, -0.2) is 24.1 Å². The highest BCUT2D eigenvalue weighted by atomic mass is 19.1. The summed E-state index contributed by atoms with van der Waals surface area (Å²) in [7, 11) is 0. The highest BCUT2D eigenvalue weighted by molar-refractivity contribution is 6.02. The maximum absolute atomic E-state index is 14.1. The molecule has 0 radical (unpaired) electrons. The standard InChI is InChI=1S/C14H15FN2O2/c1-3-5-17(6-4-2)12-8-11-9(7-10(12)15)13(18)14(19)16-11/h1,7-8,13,18H,4-6H2,2H3,(H,16,19). The van der Waals surface area contributed by atoms with E-state index < -0.39 is 17.8 Å². The normalized spacial score (nSPS) is 16.7. The number of nitrogens with zero attached hydrogens (tertiary/aromatic N) is 1. The summed E-state index contributed by atoms with van der Waals surface area (Å²) < 4.78 is 14.1. The fourth-order valence-corrected chi connectivity index (χ4v) is 2.16. The molecule has 0 bridgehead atoms. The number of nitrogens with one attached hydrogen (secondary N) is 1. The summed E-state index contributed by atoms with van der Waals surface area (Å²) >= 11 is 0. The maximum Gasteiger partial charge on any atom is 0.257 e. The first-order valence-corrected chi connectivity index (χ1v) is 6.09. The van der Waals surface area contributed by atoms with Gasteiger partial charge < -0.3 is 15.3 Å². The number of fused-ring (bicyclic) bond motifs is 1. The van der Waals surface area contributed by atoms with E-state index in [1.165, 1.54) is 12.1 Å². The average Bonchev–Trinajstić information content (AvgIpc) is 2.64. The van der Waals surface area contributed by atoms with Crippen LogP contribution >= 0.6 is 0 Å². The molecule has 0 fully saturated rings. The van der Waals surface area contributed by atoms with E-state index >= 15 is 0 Å². The zero-order chi connectivity index (χ0) is 14.0. The molecule has 19 heavy (non-hydrogen) atoms. The van der Waals surface area contributed by atoms with Crippen LogP contribution in [0.1, 0.15) is 25.0 Å². The Hall–Kier alpha value is -2.06. The molecule has 100 valence electrons. The molecule has 0 saturated carbocycles. The molecule has 1 aromatic rings. The second-order valence-electron chi connectivity index (χ2n) is 4.41. The van der Waals surface area contributed by atoms with Gasteiger partial charge in [-0.15, -0.1) is 6.42 Å². The molecule has 1 heterocycles. The lowest BCUT2D eigenvalue weighted by Crippen LogP contribution is -2.25. The molecule has 0 aromatic heterocycles. The molecule has 1 aromatic carbocycles. The van der Waals surface area contributed by atoms with Gasteiger partial charge in [0.2, 0.25) is 0 Å². The summed E-state index contributed by atoms with van der Waals surface area (Å²) in [6.07, 6.45) is 4.81. The first-order chi connectivity index (χ1) is 9.08. The predicted octanol–water partition coefficient (Wildman–Crippen LogP) is 1.66. The van der Waals surface area contributed by atoms with Gasteiger partial charge in [-0.2, -0.15) is 0 Å². The molecule has 1 atom stereocenters. The molecular weight excluding hydrogens is 247 g/mol. The van der Waals surface area contributed by atoms with Crippen LogP contribution in [0.3, 0.4) is 0 Å². The molecular formula is C14H15FN2O2. The summed E-state index contributed by atoms with van der Waals surface area (Å²) in [5.41, 5.74) is 1.04. The number of anilines is 2. The third-order valence-electron chi connectivity index (χ3n) is 3.04. The SMILES string of the molecule is C#CCN(CCC)c1cc2c(cc1F)C(O)C(=O)N2. The number of carbonyl (C=O) groups is 1. The van der Waals surface area contributed by atoms with Gasteiger partial charge in [-0.3, -0.25) is 4.79 Å². The number of hydrogen-bond acceptors (Lipinski definition) is 3. The van der Waals surface area contributed by atoms with Crippen LogP contribution in [0.25, 0.3) is 0 Å². The van der Waals surface area contributed by atoms with E-state index in [9.17, 15) is 14.3 Å². The van der Waals surface area contributed by atoms with Crippen LogP contribution in [0.15, 0.2) is 12.1 Å². The van der Waals surface area contributed by atoms with Crippen LogP contribution in [0.4, 0.5) is 15.8 Å². The van der Waals surface area contributed by atoms with Gasteiger partial charge in [0.05, 0.1) is 12.2 Å². The largest absolute Gasteiger partial charge is 0.378 e. The van der Waals surface area contributed by atoms with Gasteiger partial charge in [0.15, 0.2) is 6.10 Å². The maximum atomic E-state index is 14.1. The summed E-state index contributed by atoms with van der Waals surface area (Å²) in [6.45, 7) is 2.89. The second kappa shape index (κ2) is 5.29. The predicted molar refractivity (Wildman–Crippen MR) is 71.3 cm³/mol. The Kier molecular flexibility index (Phi) is 3.72. The number of rotatable bonds is 4. The van der Waals surface area contributed by atoms with Crippen molar-refractivity contribution in [1.29, 1.82) is 0 Å². The zero-order valence-electron chi connectivity index (χ0n) is 10.6. The molecule has 2 rings (SSSR count). The Labute approximate surface area is 111 Å². The van der Waals surface area contributed by atoms with Crippen LogP contribution < -0.4 is 10.2 Å². The van der Waals surface area contributed by atoms with Crippen LogP contribution in [0, 0.1) is 18.2 Å². The van der Waals surface area contributed by atoms with E-state index in [4.69, 9.17) is 6.42 Å². The Morgan fingerprint density at radius 3 is 2.95 bits per heavy atom. The molecule has 2 N–H and O–H groups in total. The number of carbonyl (C=O) groups excluding carboxylic acids is 1. The quantitative estimate of drug-likeness (QED) is 0.811. The lowest BCUT2D eigenvalue weighted by Gasteiger charge is -2.23. The number of aliphatic hydroxyl groups is 1. The van der Waals surface area contributed by atoms with E-state index in [1.54, 1.807) is 4.90 Å². The summed E-state index contributed by atoms with van der Waals surface area (Å²) in [4.78, 5) is 13.1. The number of aliphatic hydroxyl groups excluding tert-OH is 1. The van der Waals surface area contributed by atoms with E-state index in [2.05, 4.69) is 11.2 Å². The van der Waals surface area contributed by atoms with Crippen molar-refractivity contribution in [2.75, 3.05) is 23.3 Å². The van der Waals surface area contributed by atoms with Crippen molar-refractivity contribution in [2.24, 2.45) is 0 Å². The Bertz CT molecular complexity index is 551. The molecule has 5 heteroatoms. The molecule has 0 spiro atoms. The second-order valence-corrected chi connectivity index (χ2v) is 4.41. The number of hydrogen-bond donors (Lipinski definition) is 2. The molecule has 4 nitrogen and oxygen atoms in total. The summed E-state index contributed by atoms with van der Waals surface area (Å²) in [6, 6.07) is 2.71. The van der Waals surface area contributed by atoms with Crippen molar-refractivity contribution in [1.82, 2.24) is 0 Å². The molecule has 0 aliphatic carbocycles. The van der Waals surface area contributed by atoms with Crippen molar-refractivity contribution < 1.29 is 14.3 Å². The molecule has 1 aliphatic rings. The minimum atomic E-state index is -1.30. The highest BCUT2D eigenvalue weighted by Gasteiger charge is 2.30. The molecule has 1 aliphatic heterocycles. The number of terminal acetylenes is 1. The Morgan fingerprint density at radius 2 is 2.32 bits per heavy atom. The number of halogens is 1. The third-order valence-corrected chi connectivity index (χ3v) is 3.04. The number of amides is 1. The lowest BCUT2D eigenvalue weighted by molar-refractivity contribution is -0.123. The third kappa shape index (κ3) is 2.40. The van der Waals surface area contributed by atoms with Crippen molar-refractivity contribution in [2.45, 2.75) is 19.4 Å². The topological polar surface area (TPSA) is 52.6 Å². The minimum absolute atomic E-state index is 0.267. The van der Waals surface area contributed by atoms with Gasteiger partial charge in [0.25, 0.3) is 5.91 Å². The highest BCUT2D eigenvalue weighted by Crippen LogP contribution is 2.35. The molecule has 0 saturated heterocycles.